The van der Waals surface area contributed by atoms with Crippen LogP contribution in [0.25, 0.3) is 0 Å². The molecule has 3 N–H and O–H groups in total. The predicted octanol–water partition coefficient (Wildman–Crippen LogP) is 1.71. The Morgan fingerprint density at radius 2 is 2.00 bits per heavy atom. The quantitative estimate of drug-likeness (QED) is 0.751. The van der Waals surface area contributed by atoms with Gasteiger partial charge in [0, 0.05) is 24.5 Å². The molecule has 0 saturated carbocycles. The second-order valence-electron chi connectivity index (χ2n) is 6.43. The number of carbonyl (C=O) groups is 1. The molecule has 144 valence electrons. The van der Waals surface area contributed by atoms with Crippen LogP contribution in [0.2, 0.25) is 5.02 Å². The van der Waals surface area contributed by atoms with Gasteiger partial charge in [0.1, 0.15) is 0 Å². The summed E-state index contributed by atoms with van der Waals surface area (Å²) in [6.45, 7) is -0.347. The highest BCUT2D eigenvalue weighted by atomic mass is 35.5. The van der Waals surface area contributed by atoms with E-state index in [4.69, 9.17) is 17.3 Å². The summed E-state index contributed by atoms with van der Waals surface area (Å²) >= 11 is 6.20. The Morgan fingerprint density at radius 1 is 1.30 bits per heavy atom. The van der Waals surface area contributed by atoms with Gasteiger partial charge >= 0.3 is 0 Å². The molecule has 7 nitrogen and oxygen atoms in total. The first-order chi connectivity index (χ1) is 12.7. The van der Waals surface area contributed by atoms with Crippen molar-refractivity contribution in [3.05, 3.63) is 58.6 Å². The Hall–Kier alpha value is -2.13. The number of para-hydroxylation sites is 1. The van der Waals surface area contributed by atoms with E-state index in [9.17, 15) is 18.3 Å². The van der Waals surface area contributed by atoms with Gasteiger partial charge in [-0.3, -0.25) is 4.79 Å². The van der Waals surface area contributed by atoms with Crippen molar-refractivity contribution in [2.75, 3.05) is 30.0 Å². The molecule has 2 aromatic carbocycles. The van der Waals surface area contributed by atoms with Crippen LogP contribution in [0.4, 0.5) is 11.4 Å². The number of sulfonamides is 1. The zero-order valence-corrected chi connectivity index (χ0v) is 16.2. The third kappa shape index (κ3) is 3.93. The smallest absolute Gasteiger partial charge is 0.259 e. The normalized spacial score (nSPS) is 18.0. The molecule has 27 heavy (non-hydrogen) atoms. The zero-order chi connectivity index (χ0) is 19.8. The van der Waals surface area contributed by atoms with Crippen molar-refractivity contribution in [3.63, 3.8) is 0 Å². The highest BCUT2D eigenvalue weighted by Gasteiger charge is 2.35. The molecule has 1 unspecified atom stereocenters. The number of nitrogens with two attached hydrogens (primary N) is 1. The fraction of sp³-hybridized carbons (Fsp3) is 0.278. The lowest BCUT2D eigenvalue weighted by Crippen LogP contribution is -2.47. The molecule has 0 aliphatic carbocycles. The van der Waals surface area contributed by atoms with Crippen LogP contribution in [0.3, 0.4) is 0 Å². The summed E-state index contributed by atoms with van der Waals surface area (Å²) in [7, 11) is -3.59. The minimum atomic E-state index is -3.59. The van der Waals surface area contributed by atoms with E-state index in [0.717, 1.165) is 6.26 Å². The number of aliphatic hydroxyl groups excluding tert-OH is 1. The van der Waals surface area contributed by atoms with Gasteiger partial charge in [0.2, 0.25) is 10.0 Å². The number of amides is 1. The summed E-state index contributed by atoms with van der Waals surface area (Å²) < 4.78 is 25.7. The second-order valence-corrected chi connectivity index (χ2v) is 8.77. The highest BCUT2D eigenvalue weighted by molar-refractivity contribution is 7.88. The molecule has 0 aromatic heterocycles. The van der Waals surface area contributed by atoms with Gasteiger partial charge in [-0.15, -0.1) is 0 Å². The maximum absolute atomic E-state index is 13.2. The van der Waals surface area contributed by atoms with Crippen molar-refractivity contribution in [1.82, 2.24) is 4.31 Å². The molecule has 1 aliphatic heterocycles. The molecule has 2 aromatic rings. The topological polar surface area (TPSA) is 104 Å². The highest BCUT2D eigenvalue weighted by Crippen LogP contribution is 2.31. The number of halogens is 1. The SMILES string of the molecule is CS(=O)(=O)N1Cc2ccccc2N(C(=O)c2ccc(N)cc2Cl)CC1CO. The lowest BCUT2D eigenvalue weighted by Gasteiger charge is -2.29. The molecule has 1 heterocycles. The summed E-state index contributed by atoms with van der Waals surface area (Å²) in [5, 5.41) is 10.0. The van der Waals surface area contributed by atoms with Crippen molar-refractivity contribution in [3.8, 4) is 0 Å². The van der Waals surface area contributed by atoms with Crippen molar-refractivity contribution in [2.24, 2.45) is 0 Å². The number of nitrogens with zero attached hydrogens (tertiary/aromatic N) is 2. The van der Waals surface area contributed by atoms with Crippen LogP contribution in [-0.2, 0) is 16.6 Å². The van der Waals surface area contributed by atoms with Gasteiger partial charge in [0.15, 0.2) is 0 Å². The monoisotopic (exact) mass is 409 g/mol. The van der Waals surface area contributed by atoms with E-state index in [1.165, 1.54) is 21.3 Å². The van der Waals surface area contributed by atoms with Gasteiger partial charge in [-0.2, -0.15) is 4.31 Å². The Morgan fingerprint density at radius 3 is 2.63 bits per heavy atom. The lowest BCUT2D eigenvalue weighted by atomic mass is 10.1. The minimum absolute atomic E-state index is 0.000121. The molecule has 0 bridgehead atoms. The van der Waals surface area contributed by atoms with Gasteiger partial charge in [-0.05, 0) is 29.8 Å². The maximum Gasteiger partial charge on any atom is 0.259 e. The number of fused-ring (bicyclic) bond motifs is 1. The Balaban J connectivity index is 2.10. The molecule has 1 atom stereocenters. The fourth-order valence-corrected chi connectivity index (χ4v) is 4.50. The molecule has 9 heteroatoms. The average Bonchev–Trinajstić information content (AvgIpc) is 2.78. The number of aliphatic hydroxyl groups is 1. The molecule has 0 spiro atoms. The minimum Gasteiger partial charge on any atom is -0.399 e. The predicted molar refractivity (Wildman–Crippen MR) is 105 cm³/mol. The number of nitrogen functional groups attached to an aromatic ring is 1. The number of hydrogen-bond acceptors (Lipinski definition) is 5. The van der Waals surface area contributed by atoms with Gasteiger partial charge < -0.3 is 15.7 Å². The first-order valence-corrected chi connectivity index (χ1v) is 10.5. The lowest BCUT2D eigenvalue weighted by molar-refractivity contribution is 0.0976. The van der Waals surface area contributed by atoms with Crippen molar-refractivity contribution >= 4 is 38.9 Å². The Labute approximate surface area is 163 Å². The maximum atomic E-state index is 13.2. The van der Waals surface area contributed by atoms with Crippen LogP contribution in [0.15, 0.2) is 42.5 Å². The number of anilines is 2. The first kappa shape index (κ1) is 19.6. The summed E-state index contributed by atoms with van der Waals surface area (Å²) in [4.78, 5) is 14.7. The largest absolute Gasteiger partial charge is 0.399 e. The van der Waals surface area contributed by atoms with Crippen LogP contribution in [0.5, 0.6) is 0 Å². The van der Waals surface area contributed by atoms with Crippen molar-refractivity contribution < 1.29 is 18.3 Å². The van der Waals surface area contributed by atoms with Gasteiger partial charge in [0.25, 0.3) is 5.91 Å². The molecular formula is C18H20ClN3O4S. The van der Waals surface area contributed by atoms with Crippen molar-refractivity contribution in [1.29, 1.82) is 0 Å². The van der Waals surface area contributed by atoms with Crippen molar-refractivity contribution in [2.45, 2.75) is 12.6 Å². The summed E-state index contributed by atoms with van der Waals surface area (Å²) in [6.07, 6.45) is 1.09. The van der Waals surface area contributed by atoms with Gasteiger partial charge in [0.05, 0.1) is 29.5 Å². The fourth-order valence-electron chi connectivity index (χ4n) is 3.18. The number of rotatable bonds is 3. The average molecular weight is 410 g/mol. The summed E-state index contributed by atoms with van der Waals surface area (Å²) in [5.41, 5.74) is 7.64. The van der Waals surface area contributed by atoms with E-state index >= 15 is 0 Å². The Bertz CT molecular complexity index is 980. The summed E-state index contributed by atoms with van der Waals surface area (Å²) in [5.74, 6) is -0.388. The van der Waals surface area contributed by atoms with Crippen LogP contribution in [0, 0.1) is 0 Å². The van der Waals surface area contributed by atoms with Crippen LogP contribution >= 0.6 is 11.6 Å². The standard InChI is InChI=1S/C18H20ClN3O4S/c1-27(25,26)22-9-12-4-2-3-5-17(12)21(10-14(22)11-23)18(24)15-7-6-13(20)8-16(15)19/h2-8,14,23H,9-11,20H2,1H3. The van der Waals surface area contributed by atoms with E-state index in [-0.39, 0.29) is 29.6 Å². The second kappa shape index (κ2) is 7.47. The molecule has 1 aliphatic rings. The molecular weight excluding hydrogens is 390 g/mol. The zero-order valence-electron chi connectivity index (χ0n) is 14.7. The van der Waals surface area contributed by atoms with Gasteiger partial charge in [-0.1, -0.05) is 29.8 Å². The number of hydrogen-bond donors (Lipinski definition) is 2. The molecule has 0 saturated heterocycles. The van der Waals surface area contributed by atoms with Gasteiger partial charge in [-0.25, -0.2) is 8.42 Å². The van der Waals surface area contributed by atoms with E-state index in [1.54, 1.807) is 30.3 Å². The number of benzene rings is 2. The molecule has 0 radical (unpaired) electrons. The summed E-state index contributed by atoms with van der Waals surface area (Å²) in [6, 6.07) is 10.9. The van der Waals surface area contributed by atoms with E-state index in [1.807, 2.05) is 0 Å². The van der Waals surface area contributed by atoms with E-state index < -0.39 is 22.7 Å². The molecule has 1 amide bonds. The van der Waals surface area contributed by atoms with Crippen LogP contribution in [-0.4, -0.2) is 49.2 Å². The molecule has 3 rings (SSSR count). The third-order valence-electron chi connectivity index (χ3n) is 4.51. The first-order valence-electron chi connectivity index (χ1n) is 8.25. The van der Waals surface area contributed by atoms with E-state index in [2.05, 4.69) is 0 Å². The Kier molecular flexibility index (Phi) is 5.43. The molecule has 0 fully saturated rings. The third-order valence-corrected chi connectivity index (χ3v) is 6.11. The van der Waals surface area contributed by atoms with Crippen LogP contribution in [0.1, 0.15) is 15.9 Å². The number of carbonyl (C=O) groups excluding carboxylic acids is 1. The van der Waals surface area contributed by atoms with E-state index in [0.29, 0.717) is 16.9 Å². The van der Waals surface area contributed by atoms with Crippen LogP contribution < -0.4 is 10.6 Å².